The summed E-state index contributed by atoms with van der Waals surface area (Å²) in [6.07, 6.45) is 5.26. The van der Waals surface area contributed by atoms with E-state index < -0.39 is 0 Å². The Morgan fingerprint density at radius 3 is 2.71 bits per heavy atom. The highest BCUT2D eigenvalue weighted by Gasteiger charge is 2.17. The van der Waals surface area contributed by atoms with Crippen LogP contribution in [0.4, 0.5) is 5.82 Å². The molecule has 1 aliphatic carbocycles. The minimum Gasteiger partial charge on any atom is -0.310 e. The molecule has 2 heterocycles. The third-order valence-electron chi connectivity index (χ3n) is 5.46. The number of thiazole rings is 1. The molecule has 7 heteroatoms. The van der Waals surface area contributed by atoms with Crippen LogP contribution >= 0.6 is 23.1 Å². The van der Waals surface area contributed by atoms with Crippen molar-refractivity contribution < 1.29 is 4.79 Å². The minimum absolute atomic E-state index is 0.0128. The van der Waals surface area contributed by atoms with Gasteiger partial charge in [0, 0.05) is 23.1 Å². The van der Waals surface area contributed by atoms with Crippen molar-refractivity contribution >= 4 is 45.0 Å². The Balaban J connectivity index is 1.32. The summed E-state index contributed by atoms with van der Waals surface area (Å²) in [4.78, 5) is 18.6. The van der Waals surface area contributed by atoms with E-state index in [0.29, 0.717) is 12.2 Å². The van der Waals surface area contributed by atoms with Gasteiger partial charge in [0.2, 0.25) is 11.0 Å². The number of anilines is 1. The van der Waals surface area contributed by atoms with Gasteiger partial charge in [-0.2, -0.15) is 9.78 Å². The maximum atomic E-state index is 12.6. The van der Waals surface area contributed by atoms with E-state index in [1.807, 2.05) is 31.2 Å². The van der Waals surface area contributed by atoms with Crippen molar-refractivity contribution in [2.45, 2.75) is 43.9 Å². The van der Waals surface area contributed by atoms with Gasteiger partial charge in [0.05, 0.1) is 15.9 Å². The third-order valence-corrected chi connectivity index (χ3v) is 7.47. The first-order valence-corrected chi connectivity index (χ1v) is 12.4. The number of fused-ring (bicyclic) bond motifs is 2. The highest BCUT2D eigenvalue weighted by atomic mass is 32.2. The van der Waals surface area contributed by atoms with Crippen LogP contribution in [0.2, 0.25) is 0 Å². The fourth-order valence-corrected chi connectivity index (χ4v) is 5.80. The topological polar surface area (TPSA) is 59.8 Å². The van der Waals surface area contributed by atoms with Gasteiger partial charge in [-0.3, -0.25) is 4.79 Å². The highest BCUT2D eigenvalue weighted by molar-refractivity contribution is 7.99. The Kier molecular flexibility index (Phi) is 5.78. The first-order chi connectivity index (χ1) is 15.2. The molecule has 2 aromatic carbocycles. The molecule has 0 bridgehead atoms. The van der Waals surface area contributed by atoms with Gasteiger partial charge in [-0.05, 0) is 68.0 Å². The molecule has 1 aliphatic rings. The van der Waals surface area contributed by atoms with Crippen LogP contribution in [0, 0.1) is 6.92 Å². The molecule has 5 rings (SSSR count). The van der Waals surface area contributed by atoms with Crippen LogP contribution in [0.3, 0.4) is 0 Å². The lowest BCUT2D eigenvalue weighted by Crippen LogP contribution is -2.15. The number of carbonyl (C=O) groups is 1. The molecular weight excluding hydrogens is 424 g/mol. The zero-order valence-corrected chi connectivity index (χ0v) is 19.1. The van der Waals surface area contributed by atoms with Crippen LogP contribution in [-0.4, -0.2) is 26.4 Å². The summed E-state index contributed by atoms with van der Waals surface area (Å²) in [5.41, 5.74) is 4.75. The van der Waals surface area contributed by atoms with E-state index in [1.165, 1.54) is 33.6 Å². The maximum absolute atomic E-state index is 12.6. The summed E-state index contributed by atoms with van der Waals surface area (Å²) < 4.78 is 2.95. The number of aryl methyl sites for hydroxylation is 3. The fraction of sp³-hybridized carbons (Fsp3) is 0.292. The zero-order valence-electron chi connectivity index (χ0n) is 17.4. The lowest BCUT2D eigenvalue weighted by molar-refractivity contribution is -0.115. The molecule has 0 saturated heterocycles. The smallest absolute Gasteiger partial charge is 0.226 e. The van der Waals surface area contributed by atoms with Gasteiger partial charge in [-0.15, -0.1) is 11.8 Å². The largest absolute Gasteiger partial charge is 0.310 e. The Morgan fingerprint density at radius 1 is 1.13 bits per heavy atom. The summed E-state index contributed by atoms with van der Waals surface area (Å²) in [6, 6.07) is 16.6. The van der Waals surface area contributed by atoms with Crippen molar-refractivity contribution in [1.82, 2.24) is 14.8 Å². The second kappa shape index (κ2) is 8.85. The second-order valence-corrected chi connectivity index (χ2v) is 10.0. The molecule has 4 aromatic rings. The van der Waals surface area contributed by atoms with Crippen LogP contribution in [0.15, 0.2) is 53.4 Å². The third kappa shape index (κ3) is 4.52. The van der Waals surface area contributed by atoms with E-state index in [9.17, 15) is 4.79 Å². The highest BCUT2D eigenvalue weighted by Crippen LogP contribution is 2.32. The first kappa shape index (κ1) is 20.3. The number of hydrogen-bond acceptors (Lipinski definition) is 5. The molecule has 1 amide bonds. The van der Waals surface area contributed by atoms with Gasteiger partial charge in [-0.25, -0.2) is 4.98 Å². The molecular formula is C24H24N4OS2. The van der Waals surface area contributed by atoms with E-state index in [-0.39, 0.29) is 5.91 Å². The molecule has 2 aromatic heterocycles. The predicted octanol–water partition coefficient (Wildman–Crippen LogP) is 5.79. The Labute approximate surface area is 189 Å². The lowest BCUT2D eigenvalue weighted by Gasteiger charge is -2.14. The average Bonchev–Trinajstić information content (AvgIpc) is 3.35. The van der Waals surface area contributed by atoms with Gasteiger partial charge in [0.1, 0.15) is 5.82 Å². The Hall–Kier alpha value is -2.64. The maximum Gasteiger partial charge on any atom is 0.226 e. The van der Waals surface area contributed by atoms with Crippen LogP contribution in [0.5, 0.6) is 0 Å². The molecule has 0 fully saturated rings. The molecule has 0 radical (unpaired) electrons. The molecule has 158 valence electrons. The number of carbonyl (C=O) groups excluding carboxylic acids is 1. The predicted molar refractivity (Wildman–Crippen MR) is 129 cm³/mol. The lowest BCUT2D eigenvalue weighted by atomic mass is 9.92. The SMILES string of the molecule is Cc1cc(NC(=O)CCSc2ccccc2)n(-c2nc3cc4c(cc3s2)CCCC4)n1. The summed E-state index contributed by atoms with van der Waals surface area (Å²) in [6.45, 7) is 1.93. The Bertz CT molecular complexity index is 1190. The van der Waals surface area contributed by atoms with Crippen molar-refractivity contribution in [2.24, 2.45) is 0 Å². The van der Waals surface area contributed by atoms with E-state index in [2.05, 4.69) is 34.7 Å². The molecule has 0 spiro atoms. The van der Waals surface area contributed by atoms with Gasteiger partial charge in [-0.1, -0.05) is 29.5 Å². The minimum atomic E-state index is -0.0128. The van der Waals surface area contributed by atoms with Gasteiger partial charge in [0.25, 0.3) is 0 Å². The molecule has 1 N–H and O–H groups in total. The monoisotopic (exact) mass is 448 g/mol. The van der Waals surface area contributed by atoms with Gasteiger partial charge >= 0.3 is 0 Å². The van der Waals surface area contributed by atoms with Crippen molar-refractivity contribution in [3.63, 3.8) is 0 Å². The van der Waals surface area contributed by atoms with Crippen LogP contribution in [-0.2, 0) is 17.6 Å². The van der Waals surface area contributed by atoms with E-state index in [0.717, 1.165) is 34.9 Å². The van der Waals surface area contributed by atoms with Crippen molar-refractivity contribution in [1.29, 1.82) is 0 Å². The standard InChI is InChI=1S/C24H24N4OS2/c1-16-13-22(26-23(29)11-12-30-19-9-3-2-4-10-19)28(27-16)24-25-20-14-17-7-5-6-8-18(17)15-21(20)31-24/h2-4,9-10,13-15H,5-8,11-12H2,1H3,(H,26,29). The normalized spacial score (nSPS) is 13.3. The first-order valence-electron chi connectivity index (χ1n) is 10.6. The van der Waals surface area contributed by atoms with Crippen molar-refractivity contribution in [2.75, 3.05) is 11.1 Å². The summed E-state index contributed by atoms with van der Waals surface area (Å²) in [5, 5.41) is 8.42. The fourth-order valence-electron chi connectivity index (χ4n) is 3.95. The van der Waals surface area contributed by atoms with Crippen molar-refractivity contribution in [3.8, 4) is 5.13 Å². The number of nitrogens with one attached hydrogen (secondary N) is 1. The number of rotatable bonds is 6. The summed E-state index contributed by atoms with van der Waals surface area (Å²) in [5.74, 6) is 1.40. The van der Waals surface area contributed by atoms with Crippen molar-refractivity contribution in [3.05, 3.63) is 65.4 Å². The van der Waals surface area contributed by atoms with Gasteiger partial charge in [0.15, 0.2) is 0 Å². The van der Waals surface area contributed by atoms with Crippen LogP contribution in [0.25, 0.3) is 15.3 Å². The molecule has 0 aliphatic heterocycles. The average molecular weight is 449 g/mol. The van der Waals surface area contributed by atoms with E-state index in [4.69, 9.17) is 4.98 Å². The quantitative estimate of drug-likeness (QED) is 0.379. The van der Waals surface area contributed by atoms with E-state index in [1.54, 1.807) is 27.8 Å². The molecule has 0 unspecified atom stereocenters. The molecule has 0 atom stereocenters. The Morgan fingerprint density at radius 2 is 1.90 bits per heavy atom. The van der Waals surface area contributed by atoms with Crippen LogP contribution in [0.1, 0.15) is 36.1 Å². The molecule has 31 heavy (non-hydrogen) atoms. The van der Waals surface area contributed by atoms with Gasteiger partial charge < -0.3 is 5.32 Å². The second-order valence-electron chi connectivity index (χ2n) is 7.83. The number of nitrogens with zero attached hydrogens (tertiary/aromatic N) is 3. The van der Waals surface area contributed by atoms with Crippen LogP contribution < -0.4 is 5.32 Å². The summed E-state index contributed by atoms with van der Waals surface area (Å²) in [7, 11) is 0. The number of hydrogen-bond donors (Lipinski definition) is 1. The molecule has 5 nitrogen and oxygen atoms in total. The number of amides is 1. The number of thioether (sulfide) groups is 1. The van der Waals surface area contributed by atoms with E-state index >= 15 is 0 Å². The summed E-state index contributed by atoms with van der Waals surface area (Å²) >= 11 is 3.31. The number of benzene rings is 2. The zero-order chi connectivity index (χ0) is 21.2. The number of aromatic nitrogens is 3. The molecule has 0 saturated carbocycles.